The van der Waals surface area contributed by atoms with E-state index in [0.29, 0.717) is 6.61 Å². The van der Waals surface area contributed by atoms with Gasteiger partial charge < -0.3 is 9.30 Å². The summed E-state index contributed by atoms with van der Waals surface area (Å²) in [6.45, 7) is 4.63. The summed E-state index contributed by atoms with van der Waals surface area (Å²) in [6.07, 6.45) is 1.99. The molecule has 23 heavy (non-hydrogen) atoms. The average molecular weight is 321 g/mol. The zero-order valence-corrected chi connectivity index (χ0v) is 14.1. The molecule has 3 heteroatoms. The van der Waals surface area contributed by atoms with Crippen LogP contribution >= 0.6 is 12.2 Å². The Morgan fingerprint density at radius 3 is 2.30 bits per heavy atom. The van der Waals surface area contributed by atoms with Crippen molar-refractivity contribution in [2.45, 2.75) is 20.5 Å². The van der Waals surface area contributed by atoms with Crippen molar-refractivity contribution in [3.8, 4) is 11.4 Å². The van der Waals surface area contributed by atoms with Crippen LogP contribution in [-0.4, -0.2) is 4.57 Å². The van der Waals surface area contributed by atoms with Gasteiger partial charge in [0.1, 0.15) is 6.61 Å². The molecular formula is C20H19NOS. The van der Waals surface area contributed by atoms with Crippen LogP contribution in [0, 0.1) is 18.4 Å². The fourth-order valence-electron chi connectivity index (χ4n) is 2.50. The first-order valence-corrected chi connectivity index (χ1v) is 8.02. The third-order valence-corrected chi connectivity index (χ3v) is 4.15. The fourth-order valence-corrected chi connectivity index (χ4v) is 2.77. The lowest BCUT2D eigenvalue weighted by Gasteiger charge is -2.16. The molecule has 3 rings (SSSR count). The van der Waals surface area contributed by atoms with E-state index >= 15 is 0 Å². The summed E-state index contributed by atoms with van der Waals surface area (Å²) in [5.74, 6) is 0.770. The van der Waals surface area contributed by atoms with Gasteiger partial charge in [-0.15, -0.1) is 0 Å². The summed E-state index contributed by atoms with van der Waals surface area (Å²) in [7, 11) is 0. The Hall–Kier alpha value is -2.39. The Bertz CT molecular complexity index is 851. The molecule has 2 aromatic carbocycles. The van der Waals surface area contributed by atoms with Gasteiger partial charge in [0.15, 0.2) is 5.75 Å². The normalized spacial score (nSPS) is 10.5. The van der Waals surface area contributed by atoms with Crippen molar-refractivity contribution >= 4 is 12.2 Å². The van der Waals surface area contributed by atoms with E-state index in [2.05, 4.69) is 47.9 Å². The summed E-state index contributed by atoms with van der Waals surface area (Å²) in [5, 5.41) is 0. The number of hydrogen-bond donors (Lipinski definition) is 0. The van der Waals surface area contributed by atoms with Crippen molar-refractivity contribution in [1.29, 1.82) is 0 Å². The highest BCUT2D eigenvalue weighted by atomic mass is 32.1. The number of aromatic nitrogens is 1. The maximum atomic E-state index is 6.03. The van der Waals surface area contributed by atoms with Gasteiger partial charge >= 0.3 is 0 Å². The molecule has 1 heterocycles. The molecule has 0 aliphatic rings. The third kappa shape index (κ3) is 3.51. The highest BCUT2D eigenvalue weighted by Gasteiger charge is 2.08. The summed E-state index contributed by atoms with van der Waals surface area (Å²) in [6, 6.07) is 20.5. The smallest absolute Gasteiger partial charge is 0.157 e. The van der Waals surface area contributed by atoms with Crippen molar-refractivity contribution in [2.75, 3.05) is 0 Å². The van der Waals surface area contributed by atoms with Crippen molar-refractivity contribution in [3.63, 3.8) is 0 Å². The zero-order chi connectivity index (χ0) is 16.2. The second kappa shape index (κ2) is 6.80. The predicted molar refractivity (Wildman–Crippen MR) is 96.9 cm³/mol. The van der Waals surface area contributed by atoms with E-state index in [-0.39, 0.29) is 0 Å². The molecule has 0 atom stereocenters. The van der Waals surface area contributed by atoms with Gasteiger partial charge in [0, 0.05) is 11.9 Å². The van der Waals surface area contributed by atoms with Crippen LogP contribution in [0.2, 0.25) is 0 Å². The van der Waals surface area contributed by atoms with Crippen molar-refractivity contribution < 1.29 is 4.74 Å². The van der Waals surface area contributed by atoms with Crippen LogP contribution < -0.4 is 4.74 Å². The fraction of sp³-hybridized carbons (Fsp3) is 0.150. The first-order valence-electron chi connectivity index (χ1n) is 7.61. The van der Waals surface area contributed by atoms with Crippen LogP contribution in [0.1, 0.15) is 16.8 Å². The number of pyridine rings is 1. The molecular weight excluding hydrogens is 302 g/mol. The topological polar surface area (TPSA) is 14.2 Å². The first-order chi connectivity index (χ1) is 11.1. The van der Waals surface area contributed by atoms with Gasteiger partial charge in [0.25, 0.3) is 0 Å². The lowest BCUT2D eigenvalue weighted by atomic mass is 10.2. The predicted octanol–water partition coefficient (Wildman–Crippen LogP) is 5.40. The molecule has 0 amide bonds. The molecule has 0 saturated heterocycles. The zero-order valence-electron chi connectivity index (χ0n) is 13.3. The van der Waals surface area contributed by atoms with E-state index in [4.69, 9.17) is 17.0 Å². The number of nitrogens with zero attached hydrogens (tertiary/aromatic N) is 1. The second-order valence-electron chi connectivity index (χ2n) is 5.57. The average Bonchev–Trinajstić information content (AvgIpc) is 2.57. The van der Waals surface area contributed by atoms with E-state index < -0.39 is 0 Å². The summed E-state index contributed by atoms with van der Waals surface area (Å²) in [4.78, 5) is 0. The minimum atomic E-state index is 0.517. The Morgan fingerprint density at radius 1 is 0.913 bits per heavy atom. The highest BCUT2D eigenvalue weighted by Crippen LogP contribution is 2.24. The van der Waals surface area contributed by atoms with Crippen molar-refractivity contribution in [2.24, 2.45) is 0 Å². The Kier molecular flexibility index (Phi) is 4.58. The number of para-hydroxylation sites is 1. The molecule has 0 saturated carbocycles. The molecule has 116 valence electrons. The SMILES string of the molecule is Cc1ccc(COc2c(C)n(-c3ccccc3)ccc2=S)cc1. The van der Waals surface area contributed by atoms with Crippen LogP contribution in [0.5, 0.6) is 5.75 Å². The molecule has 0 N–H and O–H groups in total. The quantitative estimate of drug-likeness (QED) is 0.597. The molecule has 1 aromatic heterocycles. The number of ether oxygens (including phenoxy) is 1. The minimum Gasteiger partial charge on any atom is -0.486 e. The van der Waals surface area contributed by atoms with Gasteiger partial charge in [0.2, 0.25) is 0 Å². The lowest BCUT2D eigenvalue weighted by Crippen LogP contribution is -2.05. The van der Waals surface area contributed by atoms with Gasteiger partial charge in [-0.1, -0.05) is 60.2 Å². The maximum Gasteiger partial charge on any atom is 0.157 e. The van der Waals surface area contributed by atoms with E-state index in [1.807, 2.05) is 37.4 Å². The molecule has 0 fully saturated rings. The standard InChI is InChI=1S/C20H19NOS/c1-15-8-10-17(11-9-15)14-22-20-16(2)21(13-12-19(20)23)18-6-4-3-5-7-18/h3-13H,14H2,1-2H3. The van der Waals surface area contributed by atoms with Crippen LogP contribution in [0.15, 0.2) is 66.9 Å². The number of rotatable bonds is 4. The monoisotopic (exact) mass is 321 g/mol. The molecule has 0 spiro atoms. The summed E-state index contributed by atoms with van der Waals surface area (Å²) >= 11 is 5.45. The Morgan fingerprint density at radius 2 is 1.61 bits per heavy atom. The van der Waals surface area contributed by atoms with Crippen LogP contribution in [0.3, 0.4) is 0 Å². The van der Waals surface area contributed by atoms with E-state index in [1.165, 1.54) is 5.56 Å². The van der Waals surface area contributed by atoms with E-state index in [1.54, 1.807) is 0 Å². The molecule has 0 unspecified atom stereocenters. The Labute approximate surface area is 142 Å². The van der Waals surface area contributed by atoms with Crippen LogP contribution in [-0.2, 0) is 6.61 Å². The molecule has 0 aliphatic carbocycles. The number of benzene rings is 2. The first kappa shape index (κ1) is 15.5. The molecule has 2 nitrogen and oxygen atoms in total. The van der Waals surface area contributed by atoms with Gasteiger partial charge in [0.05, 0.1) is 10.2 Å². The number of aryl methyl sites for hydroxylation is 1. The Balaban J connectivity index is 1.90. The largest absolute Gasteiger partial charge is 0.486 e. The summed E-state index contributed by atoms with van der Waals surface area (Å²) in [5.41, 5.74) is 4.49. The molecule has 0 radical (unpaired) electrons. The van der Waals surface area contributed by atoms with E-state index in [9.17, 15) is 0 Å². The van der Waals surface area contributed by atoms with Crippen LogP contribution in [0.4, 0.5) is 0 Å². The molecule has 3 aromatic rings. The van der Waals surface area contributed by atoms with Crippen molar-refractivity contribution in [3.05, 3.63) is 88.2 Å². The summed E-state index contributed by atoms with van der Waals surface area (Å²) < 4.78 is 8.87. The highest BCUT2D eigenvalue weighted by molar-refractivity contribution is 7.71. The molecule has 0 aliphatic heterocycles. The van der Waals surface area contributed by atoms with Crippen molar-refractivity contribution in [1.82, 2.24) is 4.57 Å². The minimum absolute atomic E-state index is 0.517. The van der Waals surface area contributed by atoms with Gasteiger partial charge in [-0.3, -0.25) is 0 Å². The van der Waals surface area contributed by atoms with Gasteiger partial charge in [-0.05, 0) is 37.6 Å². The maximum absolute atomic E-state index is 6.03. The molecule has 0 bridgehead atoms. The van der Waals surface area contributed by atoms with Gasteiger partial charge in [-0.25, -0.2) is 0 Å². The third-order valence-electron chi connectivity index (χ3n) is 3.83. The van der Waals surface area contributed by atoms with Crippen LogP contribution in [0.25, 0.3) is 5.69 Å². The lowest BCUT2D eigenvalue weighted by molar-refractivity contribution is 0.300. The van der Waals surface area contributed by atoms with Gasteiger partial charge in [-0.2, -0.15) is 0 Å². The van der Waals surface area contributed by atoms with E-state index in [0.717, 1.165) is 27.2 Å². The number of hydrogen-bond acceptors (Lipinski definition) is 2. The second-order valence-corrected chi connectivity index (χ2v) is 6.01.